The van der Waals surface area contributed by atoms with Crippen LogP contribution in [0.25, 0.3) is 0 Å². The summed E-state index contributed by atoms with van der Waals surface area (Å²) in [6.45, 7) is 6.39. The second-order valence-corrected chi connectivity index (χ2v) is 7.64. The number of hydrogen-bond donors (Lipinski definition) is 2. The van der Waals surface area contributed by atoms with Crippen LogP contribution in [-0.2, 0) is 9.53 Å². The molecule has 0 bridgehead atoms. The molecule has 0 radical (unpaired) electrons. The number of aryl methyl sites for hydroxylation is 1. The first-order valence-corrected chi connectivity index (χ1v) is 10.8. The molecule has 1 aliphatic heterocycles. The second kappa shape index (κ2) is 10.3. The summed E-state index contributed by atoms with van der Waals surface area (Å²) in [7, 11) is 0. The Kier molecular flexibility index (Phi) is 6.99. The molecule has 0 saturated carbocycles. The normalized spacial score (nSPS) is 14.5. The summed E-state index contributed by atoms with van der Waals surface area (Å²) < 4.78 is 24.6. The second-order valence-electron chi connectivity index (χ2n) is 7.64. The highest BCUT2D eigenvalue weighted by Gasteiger charge is 2.17. The summed E-state index contributed by atoms with van der Waals surface area (Å²) in [4.78, 5) is 23.6. The number of hydrogen-bond acceptors (Lipinski definition) is 7. The minimum atomic E-state index is -0.859. The fourth-order valence-electron chi connectivity index (χ4n) is 3.38. The van der Waals surface area contributed by atoms with Crippen molar-refractivity contribution in [2.24, 2.45) is 0 Å². The lowest BCUT2D eigenvalue weighted by atomic mass is 10.2. The number of carbonyl (C=O) groups is 1. The van der Waals surface area contributed by atoms with Gasteiger partial charge in [-0.25, -0.2) is 14.4 Å². The van der Waals surface area contributed by atoms with E-state index in [1.807, 2.05) is 25.1 Å². The van der Waals surface area contributed by atoms with Crippen LogP contribution in [0.3, 0.4) is 0 Å². The Bertz CT molecular complexity index is 1100. The summed E-state index contributed by atoms with van der Waals surface area (Å²) in [5.41, 5.74) is 1.41. The first-order chi connectivity index (χ1) is 16.0. The van der Waals surface area contributed by atoms with Gasteiger partial charge < -0.3 is 25.0 Å². The van der Waals surface area contributed by atoms with Crippen LogP contribution in [0, 0.1) is 12.7 Å². The molecule has 0 aliphatic carbocycles. The van der Waals surface area contributed by atoms with E-state index >= 15 is 0 Å². The summed E-state index contributed by atoms with van der Waals surface area (Å²) in [6.07, 6.45) is -0.859. The van der Waals surface area contributed by atoms with Gasteiger partial charge in [-0.15, -0.1) is 0 Å². The molecule has 2 N–H and O–H groups in total. The van der Waals surface area contributed by atoms with Gasteiger partial charge in [0, 0.05) is 30.5 Å². The molecule has 3 aromatic rings. The van der Waals surface area contributed by atoms with E-state index in [1.165, 1.54) is 12.1 Å². The van der Waals surface area contributed by atoms with Gasteiger partial charge in [0.1, 0.15) is 17.5 Å². The van der Waals surface area contributed by atoms with Crippen LogP contribution in [0.5, 0.6) is 5.75 Å². The highest BCUT2D eigenvalue weighted by Crippen LogP contribution is 2.22. The van der Waals surface area contributed by atoms with Crippen molar-refractivity contribution in [1.82, 2.24) is 9.97 Å². The van der Waals surface area contributed by atoms with Gasteiger partial charge in [-0.2, -0.15) is 0 Å². The van der Waals surface area contributed by atoms with Gasteiger partial charge >= 0.3 is 0 Å². The molecule has 1 atom stereocenters. The van der Waals surface area contributed by atoms with Crippen molar-refractivity contribution in [2.75, 3.05) is 41.8 Å². The molecule has 8 nitrogen and oxygen atoms in total. The average molecular weight is 452 g/mol. The fourth-order valence-corrected chi connectivity index (χ4v) is 3.38. The molecule has 1 unspecified atom stereocenters. The van der Waals surface area contributed by atoms with Crippen molar-refractivity contribution in [3.63, 3.8) is 0 Å². The first kappa shape index (κ1) is 22.5. The molecule has 1 fully saturated rings. The molecule has 33 heavy (non-hydrogen) atoms. The van der Waals surface area contributed by atoms with Crippen molar-refractivity contribution in [1.29, 1.82) is 0 Å². The molecule has 0 spiro atoms. The Morgan fingerprint density at radius 1 is 1.09 bits per heavy atom. The van der Waals surface area contributed by atoms with E-state index in [1.54, 1.807) is 31.2 Å². The third kappa shape index (κ3) is 5.95. The molecule has 172 valence electrons. The first-order valence-electron chi connectivity index (χ1n) is 10.8. The van der Waals surface area contributed by atoms with Gasteiger partial charge in [0.25, 0.3) is 5.91 Å². The molecule has 1 aliphatic rings. The number of anilines is 4. The smallest absolute Gasteiger partial charge is 0.265 e. The standard InChI is InChI=1S/C24H26FN5O3/c1-16(33-21-6-4-3-5-20(21)25)24(31)29-19-9-7-18(8-10-19)28-22-15-23(27-17(2)26-22)30-11-13-32-14-12-30/h3-10,15-16H,11-14H2,1-2H3,(H,29,31)(H,26,27,28). The van der Waals surface area contributed by atoms with E-state index in [2.05, 4.69) is 25.5 Å². The fraction of sp³-hybridized carbons (Fsp3) is 0.292. The maximum Gasteiger partial charge on any atom is 0.265 e. The SMILES string of the molecule is Cc1nc(Nc2ccc(NC(=O)C(C)Oc3ccccc3F)cc2)cc(N2CCOCC2)n1. The summed E-state index contributed by atoms with van der Waals surface area (Å²) in [5, 5.41) is 6.05. The van der Waals surface area contributed by atoms with Crippen LogP contribution >= 0.6 is 0 Å². The van der Waals surface area contributed by atoms with Crippen LogP contribution < -0.4 is 20.3 Å². The van der Waals surface area contributed by atoms with Gasteiger partial charge in [-0.1, -0.05) is 12.1 Å². The summed E-state index contributed by atoms with van der Waals surface area (Å²) in [5.74, 6) is 1.38. The average Bonchev–Trinajstić information content (AvgIpc) is 2.82. The third-order valence-corrected chi connectivity index (χ3v) is 5.09. The maximum absolute atomic E-state index is 13.7. The Hall–Kier alpha value is -3.72. The van der Waals surface area contributed by atoms with Crippen molar-refractivity contribution >= 4 is 28.9 Å². The van der Waals surface area contributed by atoms with Crippen molar-refractivity contribution in [3.05, 3.63) is 66.2 Å². The van der Waals surface area contributed by atoms with E-state index in [0.717, 1.165) is 24.6 Å². The number of halogens is 1. The number of benzene rings is 2. The quantitative estimate of drug-likeness (QED) is 0.563. The Morgan fingerprint density at radius 2 is 1.79 bits per heavy atom. The molecule has 1 saturated heterocycles. The molecule has 2 heterocycles. The highest BCUT2D eigenvalue weighted by molar-refractivity contribution is 5.94. The van der Waals surface area contributed by atoms with E-state index in [9.17, 15) is 9.18 Å². The van der Waals surface area contributed by atoms with Crippen LogP contribution in [0.4, 0.5) is 27.4 Å². The van der Waals surface area contributed by atoms with E-state index in [-0.39, 0.29) is 11.7 Å². The lowest BCUT2D eigenvalue weighted by Gasteiger charge is -2.28. The minimum absolute atomic E-state index is 0.0382. The number of ether oxygens (including phenoxy) is 2. The zero-order valence-electron chi connectivity index (χ0n) is 18.5. The number of nitrogens with zero attached hydrogens (tertiary/aromatic N) is 3. The molecular formula is C24H26FN5O3. The van der Waals surface area contributed by atoms with Crippen LogP contribution in [0.1, 0.15) is 12.7 Å². The van der Waals surface area contributed by atoms with Gasteiger partial charge in [0.15, 0.2) is 17.7 Å². The highest BCUT2D eigenvalue weighted by atomic mass is 19.1. The topological polar surface area (TPSA) is 88.6 Å². The number of aromatic nitrogens is 2. The van der Waals surface area contributed by atoms with Gasteiger partial charge in [0.05, 0.1) is 13.2 Å². The summed E-state index contributed by atoms with van der Waals surface area (Å²) >= 11 is 0. The largest absolute Gasteiger partial charge is 0.478 e. The van der Waals surface area contributed by atoms with Crippen LogP contribution in [0.2, 0.25) is 0 Å². The Labute approximate surface area is 191 Å². The van der Waals surface area contributed by atoms with E-state index in [4.69, 9.17) is 9.47 Å². The molecular weight excluding hydrogens is 425 g/mol. The lowest BCUT2D eigenvalue weighted by Crippen LogP contribution is -2.36. The Balaban J connectivity index is 1.37. The zero-order chi connectivity index (χ0) is 23.2. The number of morpholine rings is 1. The van der Waals surface area contributed by atoms with Gasteiger partial charge in [-0.05, 0) is 50.2 Å². The lowest BCUT2D eigenvalue weighted by molar-refractivity contribution is -0.122. The van der Waals surface area contributed by atoms with Crippen molar-refractivity contribution in [3.8, 4) is 5.75 Å². The third-order valence-electron chi connectivity index (χ3n) is 5.09. The van der Waals surface area contributed by atoms with E-state index < -0.39 is 11.9 Å². The molecule has 9 heteroatoms. The molecule has 1 amide bonds. The van der Waals surface area contributed by atoms with Crippen molar-refractivity contribution in [2.45, 2.75) is 20.0 Å². The maximum atomic E-state index is 13.7. The minimum Gasteiger partial charge on any atom is -0.478 e. The number of para-hydroxylation sites is 1. The molecule has 4 rings (SSSR count). The Morgan fingerprint density at radius 3 is 2.52 bits per heavy atom. The zero-order valence-corrected chi connectivity index (χ0v) is 18.5. The van der Waals surface area contributed by atoms with Crippen LogP contribution in [-0.4, -0.2) is 48.3 Å². The summed E-state index contributed by atoms with van der Waals surface area (Å²) in [6, 6.07) is 15.1. The number of nitrogens with one attached hydrogen (secondary N) is 2. The number of amides is 1. The predicted octanol–water partition coefficient (Wildman–Crippen LogP) is 3.91. The van der Waals surface area contributed by atoms with E-state index in [0.29, 0.717) is 30.5 Å². The molecule has 1 aromatic heterocycles. The monoisotopic (exact) mass is 451 g/mol. The van der Waals surface area contributed by atoms with Crippen LogP contribution in [0.15, 0.2) is 54.6 Å². The van der Waals surface area contributed by atoms with Gasteiger partial charge in [-0.3, -0.25) is 4.79 Å². The number of rotatable bonds is 7. The van der Waals surface area contributed by atoms with Gasteiger partial charge in [0.2, 0.25) is 0 Å². The number of carbonyl (C=O) groups excluding carboxylic acids is 1. The predicted molar refractivity (Wildman–Crippen MR) is 125 cm³/mol. The molecule has 2 aromatic carbocycles. The van der Waals surface area contributed by atoms with Crippen molar-refractivity contribution < 1.29 is 18.7 Å².